The summed E-state index contributed by atoms with van der Waals surface area (Å²) >= 11 is 0. The maximum atomic E-state index is 12.2. The summed E-state index contributed by atoms with van der Waals surface area (Å²) in [6.07, 6.45) is 1.62. The number of para-hydroxylation sites is 1. The number of hydrogen-bond donors (Lipinski definition) is 1. The predicted molar refractivity (Wildman–Crippen MR) is 69.1 cm³/mol. The lowest BCUT2D eigenvalue weighted by Crippen LogP contribution is -2.34. The number of hydrogen-bond acceptors (Lipinski definition) is 3. The first-order valence-corrected chi connectivity index (χ1v) is 5.90. The van der Waals surface area contributed by atoms with Crippen molar-refractivity contribution < 1.29 is 0 Å². The lowest BCUT2D eigenvalue weighted by atomic mass is 10.2. The second-order valence-electron chi connectivity index (χ2n) is 4.18. The SMILES string of the molecule is CCNC(C)Cn1cnc2ccccc2c1=O. The monoisotopic (exact) mass is 231 g/mol. The van der Waals surface area contributed by atoms with Gasteiger partial charge in [-0.2, -0.15) is 0 Å². The number of nitrogens with zero attached hydrogens (tertiary/aromatic N) is 2. The Morgan fingerprint density at radius 2 is 2.18 bits per heavy atom. The smallest absolute Gasteiger partial charge is 0.261 e. The molecule has 90 valence electrons. The van der Waals surface area contributed by atoms with Crippen LogP contribution in [0.1, 0.15) is 13.8 Å². The highest BCUT2D eigenvalue weighted by Gasteiger charge is 2.06. The summed E-state index contributed by atoms with van der Waals surface area (Å²) in [6.45, 7) is 5.66. The minimum atomic E-state index is 0.0281. The molecule has 1 unspecified atom stereocenters. The van der Waals surface area contributed by atoms with Crippen LogP contribution in [0.2, 0.25) is 0 Å². The fourth-order valence-corrected chi connectivity index (χ4v) is 1.94. The molecular weight excluding hydrogens is 214 g/mol. The third-order valence-corrected chi connectivity index (χ3v) is 2.75. The van der Waals surface area contributed by atoms with E-state index in [1.165, 1.54) is 0 Å². The number of aromatic nitrogens is 2. The Bertz CT molecular complexity index is 562. The van der Waals surface area contributed by atoms with Crippen LogP contribution >= 0.6 is 0 Å². The van der Waals surface area contributed by atoms with Gasteiger partial charge < -0.3 is 5.32 Å². The molecule has 1 atom stereocenters. The molecular formula is C13H17N3O. The van der Waals surface area contributed by atoms with E-state index in [0.717, 1.165) is 12.1 Å². The Hall–Kier alpha value is -1.68. The summed E-state index contributed by atoms with van der Waals surface area (Å²) in [4.78, 5) is 16.5. The molecule has 0 fully saturated rings. The molecule has 2 aromatic rings. The number of likely N-dealkylation sites (N-methyl/N-ethyl adjacent to an activating group) is 1. The van der Waals surface area contributed by atoms with Crippen LogP contribution in [0.25, 0.3) is 10.9 Å². The van der Waals surface area contributed by atoms with Crippen molar-refractivity contribution in [2.75, 3.05) is 6.54 Å². The molecule has 4 heteroatoms. The molecule has 1 heterocycles. The Morgan fingerprint density at radius 3 is 2.94 bits per heavy atom. The quantitative estimate of drug-likeness (QED) is 0.865. The molecule has 0 saturated heterocycles. The van der Waals surface area contributed by atoms with Gasteiger partial charge in [0.25, 0.3) is 5.56 Å². The zero-order valence-corrected chi connectivity index (χ0v) is 10.2. The van der Waals surface area contributed by atoms with Crippen LogP contribution in [-0.4, -0.2) is 22.1 Å². The number of rotatable bonds is 4. The molecule has 2 rings (SSSR count). The number of nitrogens with one attached hydrogen (secondary N) is 1. The minimum absolute atomic E-state index is 0.0281. The predicted octanol–water partition coefficient (Wildman–Crippen LogP) is 1.39. The van der Waals surface area contributed by atoms with Crippen molar-refractivity contribution in [2.24, 2.45) is 0 Å². The van der Waals surface area contributed by atoms with Gasteiger partial charge in [-0.3, -0.25) is 9.36 Å². The van der Waals surface area contributed by atoms with Crippen LogP contribution in [0.15, 0.2) is 35.4 Å². The second kappa shape index (κ2) is 5.10. The lowest BCUT2D eigenvalue weighted by molar-refractivity contribution is 0.479. The molecule has 0 bridgehead atoms. The van der Waals surface area contributed by atoms with Crippen molar-refractivity contribution in [2.45, 2.75) is 26.4 Å². The fraction of sp³-hybridized carbons (Fsp3) is 0.385. The lowest BCUT2D eigenvalue weighted by Gasteiger charge is -2.13. The average Bonchev–Trinajstić information content (AvgIpc) is 2.33. The van der Waals surface area contributed by atoms with Crippen LogP contribution in [0.4, 0.5) is 0 Å². The molecule has 17 heavy (non-hydrogen) atoms. The summed E-state index contributed by atoms with van der Waals surface area (Å²) in [6, 6.07) is 7.69. The Kier molecular flexibility index (Phi) is 3.54. The Morgan fingerprint density at radius 1 is 1.41 bits per heavy atom. The first-order valence-electron chi connectivity index (χ1n) is 5.90. The average molecular weight is 231 g/mol. The van der Waals surface area contributed by atoms with Gasteiger partial charge in [0, 0.05) is 12.6 Å². The summed E-state index contributed by atoms with van der Waals surface area (Å²) in [5, 5.41) is 3.96. The zero-order chi connectivity index (χ0) is 12.3. The molecule has 1 aromatic heterocycles. The normalized spacial score (nSPS) is 12.8. The summed E-state index contributed by atoms with van der Waals surface area (Å²) in [5.74, 6) is 0. The van der Waals surface area contributed by atoms with Crippen molar-refractivity contribution in [3.05, 3.63) is 40.9 Å². The summed E-state index contributed by atoms with van der Waals surface area (Å²) < 4.78 is 1.66. The second-order valence-corrected chi connectivity index (χ2v) is 4.18. The maximum Gasteiger partial charge on any atom is 0.261 e. The first kappa shape index (κ1) is 11.8. The van der Waals surface area contributed by atoms with Crippen LogP contribution in [0, 0.1) is 0 Å². The van der Waals surface area contributed by atoms with Crippen molar-refractivity contribution in [3.63, 3.8) is 0 Å². The van der Waals surface area contributed by atoms with Gasteiger partial charge in [-0.1, -0.05) is 19.1 Å². The maximum absolute atomic E-state index is 12.2. The van der Waals surface area contributed by atoms with E-state index in [1.807, 2.05) is 24.3 Å². The van der Waals surface area contributed by atoms with E-state index in [2.05, 4.69) is 24.1 Å². The molecule has 4 nitrogen and oxygen atoms in total. The van der Waals surface area contributed by atoms with Crippen molar-refractivity contribution in [1.82, 2.24) is 14.9 Å². The Balaban J connectivity index is 2.36. The van der Waals surface area contributed by atoms with Crippen LogP contribution in [-0.2, 0) is 6.54 Å². The first-order chi connectivity index (χ1) is 8.22. The van der Waals surface area contributed by atoms with Gasteiger partial charge in [-0.05, 0) is 25.6 Å². The number of fused-ring (bicyclic) bond motifs is 1. The van der Waals surface area contributed by atoms with E-state index < -0.39 is 0 Å². The standard InChI is InChI=1S/C13H17N3O/c1-3-14-10(2)8-16-9-15-12-7-5-4-6-11(12)13(16)17/h4-7,9-10,14H,3,8H2,1-2H3. The van der Waals surface area contributed by atoms with Gasteiger partial charge in [0.05, 0.1) is 17.2 Å². The van der Waals surface area contributed by atoms with Crippen molar-refractivity contribution in [1.29, 1.82) is 0 Å². The van der Waals surface area contributed by atoms with Crippen molar-refractivity contribution in [3.8, 4) is 0 Å². The number of benzene rings is 1. The van der Waals surface area contributed by atoms with Gasteiger partial charge in [-0.25, -0.2) is 4.98 Å². The minimum Gasteiger partial charge on any atom is -0.313 e. The highest BCUT2D eigenvalue weighted by Crippen LogP contribution is 2.04. The highest BCUT2D eigenvalue weighted by molar-refractivity contribution is 5.76. The molecule has 0 amide bonds. The molecule has 0 aliphatic carbocycles. The van der Waals surface area contributed by atoms with Gasteiger partial charge in [0.1, 0.15) is 0 Å². The largest absolute Gasteiger partial charge is 0.313 e. The van der Waals surface area contributed by atoms with Gasteiger partial charge >= 0.3 is 0 Å². The molecule has 1 aromatic carbocycles. The highest BCUT2D eigenvalue weighted by atomic mass is 16.1. The molecule has 0 saturated carbocycles. The van der Waals surface area contributed by atoms with Crippen LogP contribution < -0.4 is 10.9 Å². The Labute approximate surface area is 100 Å². The van der Waals surface area contributed by atoms with Gasteiger partial charge in [0.2, 0.25) is 0 Å². The zero-order valence-electron chi connectivity index (χ0n) is 10.2. The molecule has 0 aliphatic rings. The fourth-order valence-electron chi connectivity index (χ4n) is 1.94. The van der Waals surface area contributed by atoms with Gasteiger partial charge in [0.15, 0.2) is 0 Å². The van der Waals surface area contributed by atoms with E-state index in [9.17, 15) is 4.79 Å². The third-order valence-electron chi connectivity index (χ3n) is 2.75. The van der Waals surface area contributed by atoms with Crippen LogP contribution in [0.5, 0.6) is 0 Å². The van der Waals surface area contributed by atoms with E-state index >= 15 is 0 Å². The van der Waals surface area contributed by atoms with E-state index in [4.69, 9.17) is 0 Å². The summed E-state index contributed by atoms with van der Waals surface area (Å²) in [5.41, 5.74) is 0.783. The van der Waals surface area contributed by atoms with Crippen LogP contribution in [0.3, 0.4) is 0 Å². The third kappa shape index (κ3) is 2.53. The van der Waals surface area contributed by atoms with Crippen molar-refractivity contribution >= 4 is 10.9 Å². The summed E-state index contributed by atoms with van der Waals surface area (Å²) in [7, 11) is 0. The van der Waals surface area contributed by atoms with E-state index in [-0.39, 0.29) is 11.6 Å². The van der Waals surface area contributed by atoms with E-state index in [1.54, 1.807) is 10.9 Å². The van der Waals surface area contributed by atoms with Gasteiger partial charge in [-0.15, -0.1) is 0 Å². The molecule has 0 radical (unpaired) electrons. The molecule has 0 spiro atoms. The van der Waals surface area contributed by atoms with E-state index in [0.29, 0.717) is 11.9 Å². The molecule has 1 N–H and O–H groups in total. The topological polar surface area (TPSA) is 46.9 Å². The molecule has 0 aliphatic heterocycles.